The number of aromatic amines is 1. The molecule has 0 radical (unpaired) electrons. The smallest absolute Gasteiger partial charge is 0.230 e. The molecule has 3 N–H and O–H groups in total. The quantitative estimate of drug-likeness (QED) is 0.736. The summed E-state index contributed by atoms with van der Waals surface area (Å²) in [4.78, 5) is 0. The molecule has 0 fully saturated rings. The van der Waals surface area contributed by atoms with Crippen LogP contribution in [0.2, 0.25) is 0 Å². The molecule has 0 aliphatic rings. The lowest BCUT2D eigenvalue weighted by Gasteiger charge is -2.05. The third-order valence-electron chi connectivity index (χ3n) is 3.29. The van der Waals surface area contributed by atoms with Crippen molar-refractivity contribution in [3.05, 3.63) is 41.7 Å². The van der Waals surface area contributed by atoms with Gasteiger partial charge in [0.25, 0.3) is 0 Å². The Morgan fingerprint density at radius 2 is 2.00 bits per heavy atom. The Morgan fingerprint density at radius 3 is 2.68 bits per heavy atom. The minimum Gasteiger partial charge on any atom is -0.367 e. The second-order valence-corrected chi connectivity index (χ2v) is 4.56. The van der Waals surface area contributed by atoms with E-state index in [0.717, 1.165) is 16.7 Å². The monoisotopic (exact) mass is 254 g/mol. The van der Waals surface area contributed by atoms with Crippen molar-refractivity contribution in [2.45, 2.75) is 13.8 Å². The Kier molecular flexibility index (Phi) is 2.59. The fourth-order valence-electron chi connectivity index (χ4n) is 2.06. The number of aromatic nitrogens is 3. The summed E-state index contributed by atoms with van der Waals surface area (Å²) in [6, 6.07) is 6.17. The summed E-state index contributed by atoms with van der Waals surface area (Å²) in [5, 5.41) is 10.7. The molecule has 3 rings (SSSR count). The second kappa shape index (κ2) is 4.28. The fourth-order valence-corrected chi connectivity index (χ4v) is 2.06. The summed E-state index contributed by atoms with van der Waals surface area (Å²) in [5.74, 6) is 0.319. The number of hydrogen-bond donors (Lipinski definition) is 2. The number of nitrogens with zero attached hydrogens (tertiary/aromatic N) is 2. The van der Waals surface area contributed by atoms with Crippen molar-refractivity contribution in [2.75, 3.05) is 5.73 Å². The lowest BCUT2D eigenvalue weighted by atomic mass is 9.99. The standard InChI is InChI=1S/C14H14N4O/c1-8-3-4-10(5-9(8)2)12-13(18-19-14(12)15)11-6-16-17-7-11/h3-7H,15H2,1-2H3,(H,16,17). The molecule has 19 heavy (non-hydrogen) atoms. The van der Waals surface area contributed by atoms with Gasteiger partial charge in [-0.15, -0.1) is 0 Å². The van der Waals surface area contributed by atoms with Crippen molar-refractivity contribution in [2.24, 2.45) is 0 Å². The molecule has 0 aliphatic carbocycles. The first-order chi connectivity index (χ1) is 9.16. The van der Waals surface area contributed by atoms with Crippen molar-refractivity contribution >= 4 is 5.88 Å². The van der Waals surface area contributed by atoms with Gasteiger partial charge in [0.15, 0.2) is 0 Å². The number of anilines is 1. The Balaban J connectivity index is 2.19. The molecular formula is C14H14N4O. The fraction of sp³-hybridized carbons (Fsp3) is 0.143. The van der Waals surface area contributed by atoms with Gasteiger partial charge in [-0.2, -0.15) is 5.10 Å². The summed E-state index contributed by atoms with van der Waals surface area (Å²) >= 11 is 0. The lowest BCUT2D eigenvalue weighted by Crippen LogP contribution is -1.89. The van der Waals surface area contributed by atoms with Gasteiger partial charge < -0.3 is 10.3 Å². The van der Waals surface area contributed by atoms with E-state index in [4.69, 9.17) is 10.3 Å². The largest absolute Gasteiger partial charge is 0.367 e. The van der Waals surface area contributed by atoms with Crippen LogP contribution in [-0.2, 0) is 0 Å². The zero-order valence-electron chi connectivity index (χ0n) is 10.8. The number of nitrogen functional groups attached to an aromatic ring is 1. The average molecular weight is 254 g/mol. The van der Waals surface area contributed by atoms with Crippen LogP contribution >= 0.6 is 0 Å². The predicted octanol–water partition coefficient (Wildman–Crippen LogP) is 2.93. The first-order valence-corrected chi connectivity index (χ1v) is 5.98. The molecule has 0 atom stereocenters. The van der Waals surface area contributed by atoms with Crippen molar-refractivity contribution < 1.29 is 4.52 Å². The molecule has 0 bridgehead atoms. The maximum absolute atomic E-state index is 5.91. The molecule has 0 unspecified atom stereocenters. The number of hydrogen-bond acceptors (Lipinski definition) is 4. The van der Waals surface area contributed by atoms with Crippen molar-refractivity contribution in [3.8, 4) is 22.4 Å². The summed E-state index contributed by atoms with van der Waals surface area (Å²) in [7, 11) is 0. The summed E-state index contributed by atoms with van der Waals surface area (Å²) < 4.78 is 5.13. The predicted molar refractivity (Wildman–Crippen MR) is 73.4 cm³/mol. The molecule has 5 nitrogen and oxygen atoms in total. The molecule has 3 aromatic rings. The van der Waals surface area contributed by atoms with E-state index in [1.54, 1.807) is 12.4 Å². The van der Waals surface area contributed by atoms with E-state index >= 15 is 0 Å². The molecular weight excluding hydrogens is 240 g/mol. The highest BCUT2D eigenvalue weighted by Gasteiger charge is 2.18. The van der Waals surface area contributed by atoms with Crippen LogP contribution < -0.4 is 5.73 Å². The van der Waals surface area contributed by atoms with E-state index in [1.165, 1.54) is 11.1 Å². The molecule has 2 aromatic heterocycles. The van der Waals surface area contributed by atoms with Crippen LogP contribution in [0.1, 0.15) is 11.1 Å². The first kappa shape index (κ1) is 11.5. The Morgan fingerprint density at radius 1 is 1.16 bits per heavy atom. The van der Waals surface area contributed by atoms with Gasteiger partial charge in [0.05, 0.1) is 11.8 Å². The molecule has 0 aliphatic heterocycles. The third-order valence-corrected chi connectivity index (χ3v) is 3.29. The first-order valence-electron chi connectivity index (χ1n) is 5.98. The molecule has 2 heterocycles. The molecule has 0 amide bonds. The normalized spacial score (nSPS) is 10.8. The lowest BCUT2D eigenvalue weighted by molar-refractivity contribution is 0.439. The molecule has 0 saturated carbocycles. The van der Waals surface area contributed by atoms with E-state index in [2.05, 4.69) is 41.3 Å². The minimum atomic E-state index is 0.319. The molecule has 1 aromatic carbocycles. The van der Waals surface area contributed by atoms with Gasteiger partial charge in [-0.25, -0.2) is 0 Å². The highest BCUT2D eigenvalue weighted by atomic mass is 16.5. The van der Waals surface area contributed by atoms with Crippen molar-refractivity contribution in [3.63, 3.8) is 0 Å². The number of aryl methyl sites for hydroxylation is 2. The molecule has 96 valence electrons. The van der Waals surface area contributed by atoms with E-state index in [0.29, 0.717) is 11.6 Å². The Hall–Kier alpha value is -2.56. The molecule has 5 heteroatoms. The second-order valence-electron chi connectivity index (χ2n) is 4.56. The number of benzene rings is 1. The zero-order chi connectivity index (χ0) is 13.4. The van der Waals surface area contributed by atoms with Gasteiger partial charge in [0, 0.05) is 11.8 Å². The number of rotatable bonds is 2. The van der Waals surface area contributed by atoms with Gasteiger partial charge in [-0.1, -0.05) is 23.4 Å². The topological polar surface area (TPSA) is 80.7 Å². The maximum Gasteiger partial charge on any atom is 0.230 e. The Labute approximate surface area is 110 Å². The van der Waals surface area contributed by atoms with E-state index in [1.807, 2.05) is 6.07 Å². The van der Waals surface area contributed by atoms with Gasteiger partial charge in [0.2, 0.25) is 5.88 Å². The minimum absolute atomic E-state index is 0.319. The summed E-state index contributed by atoms with van der Waals surface area (Å²) in [6.45, 7) is 4.15. The third kappa shape index (κ3) is 1.89. The maximum atomic E-state index is 5.91. The summed E-state index contributed by atoms with van der Waals surface area (Å²) in [5.41, 5.74) is 11.7. The number of nitrogens with one attached hydrogen (secondary N) is 1. The van der Waals surface area contributed by atoms with E-state index < -0.39 is 0 Å². The van der Waals surface area contributed by atoms with Gasteiger partial charge >= 0.3 is 0 Å². The van der Waals surface area contributed by atoms with Crippen LogP contribution in [0.3, 0.4) is 0 Å². The molecule has 0 saturated heterocycles. The molecule has 0 spiro atoms. The van der Waals surface area contributed by atoms with Crippen molar-refractivity contribution in [1.82, 2.24) is 15.4 Å². The Bertz CT molecular complexity index is 713. The van der Waals surface area contributed by atoms with Crippen molar-refractivity contribution in [1.29, 1.82) is 0 Å². The van der Waals surface area contributed by atoms with E-state index in [-0.39, 0.29) is 0 Å². The number of nitrogens with two attached hydrogens (primary N) is 1. The number of H-pyrrole nitrogens is 1. The van der Waals surface area contributed by atoms with Crippen LogP contribution in [-0.4, -0.2) is 15.4 Å². The van der Waals surface area contributed by atoms with Crippen LogP contribution in [0.4, 0.5) is 5.88 Å². The highest BCUT2D eigenvalue weighted by molar-refractivity contribution is 5.86. The zero-order valence-corrected chi connectivity index (χ0v) is 10.8. The van der Waals surface area contributed by atoms with Gasteiger partial charge in [-0.05, 0) is 30.5 Å². The van der Waals surface area contributed by atoms with E-state index in [9.17, 15) is 0 Å². The van der Waals surface area contributed by atoms with Crippen LogP contribution in [0.5, 0.6) is 0 Å². The van der Waals surface area contributed by atoms with Crippen LogP contribution in [0, 0.1) is 13.8 Å². The summed E-state index contributed by atoms with van der Waals surface area (Å²) in [6.07, 6.45) is 3.46. The SMILES string of the molecule is Cc1ccc(-c2c(-c3cn[nH]c3)noc2N)cc1C. The van der Waals surface area contributed by atoms with Gasteiger partial charge in [-0.3, -0.25) is 5.10 Å². The van der Waals surface area contributed by atoms with Gasteiger partial charge in [0.1, 0.15) is 5.69 Å². The highest BCUT2D eigenvalue weighted by Crippen LogP contribution is 2.36. The average Bonchev–Trinajstić information content (AvgIpc) is 3.01. The van der Waals surface area contributed by atoms with Crippen LogP contribution in [0.15, 0.2) is 35.1 Å². The van der Waals surface area contributed by atoms with Crippen LogP contribution in [0.25, 0.3) is 22.4 Å².